The Morgan fingerprint density at radius 3 is 2.45 bits per heavy atom. The zero-order valence-corrected chi connectivity index (χ0v) is 11.7. The molecule has 3 rings (SSSR count). The fourth-order valence-corrected chi connectivity index (χ4v) is 2.54. The van der Waals surface area contributed by atoms with Gasteiger partial charge in [-0.2, -0.15) is 0 Å². The summed E-state index contributed by atoms with van der Waals surface area (Å²) in [5.41, 5.74) is 7.92. The van der Waals surface area contributed by atoms with Gasteiger partial charge in [0.25, 0.3) is 0 Å². The van der Waals surface area contributed by atoms with Crippen LogP contribution in [0.4, 0.5) is 17.3 Å². The molecular formula is C15H19N5. The van der Waals surface area contributed by atoms with Crippen LogP contribution in [0.3, 0.4) is 0 Å². The van der Waals surface area contributed by atoms with Crippen LogP contribution in [-0.4, -0.2) is 36.1 Å². The summed E-state index contributed by atoms with van der Waals surface area (Å²) in [6, 6.07) is 7.99. The van der Waals surface area contributed by atoms with E-state index in [1.165, 1.54) is 0 Å². The van der Waals surface area contributed by atoms with Crippen molar-refractivity contribution in [2.45, 2.75) is 6.92 Å². The van der Waals surface area contributed by atoms with Gasteiger partial charge in [0.05, 0.1) is 5.69 Å². The molecule has 0 spiro atoms. The van der Waals surface area contributed by atoms with Crippen LogP contribution in [0, 0.1) is 6.92 Å². The molecule has 104 valence electrons. The van der Waals surface area contributed by atoms with Gasteiger partial charge in [-0.1, -0.05) is 6.07 Å². The molecule has 0 amide bonds. The summed E-state index contributed by atoms with van der Waals surface area (Å²) in [6.07, 6.45) is 3.71. The predicted octanol–water partition coefficient (Wildman–Crippen LogP) is 1.69. The lowest BCUT2D eigenvalue weighted by Crippen LogP contribution is -2.47. The summed E-state index contributed by atoms with van der Waals surface area (Å²) >= 11 is 0. The molecule has 1 aliphatic rings. The summed E-state index contributed by atoms with van der Waals surface area (Å²) in [6.45, 7) is 5.71. The molecule has 1 aliphatic heterocycles. The van der Waals surface area contributed by atoms with Gasteiger partial charge in [-0.25, -0.2) is 9.97 Å². The van der Waals surface area contributed by atoms with Gasteiger partial charge in [-0.3, -0.25) is 0 Å². The minimum Gasteiger partial charge on any atom is -0.396 e. The second-order valence-corrected chi connectivity index (χ2v) is 5.09. The molecular weight excluding hydrogens is 250 g/mol. The summed E-state index contributed by atoms with van der Waals surface area (Å²) < 4.78 is 0. The monoisotopic (exact) mass is 269 g/mol. The van der Waals surface area contributed by atoms with E-state index in [1.54, 1.807) is 0 Å². The third-order valence-corrected chi connectivity index (χ3v) is 3.58. The Morgan fingerprint density at radius 2 is 1.80 bits per heavy atom. The molecule has 2 aromatic rings. The normalized spacial score (nSPS) is 15.4. The summed E-state index contributed by atoms with van der Waals surface area (Å²) in [5.74, 6) is 1.94. The second kappa shape index (κ2) is 5.36. The molecule has 0 bridgehead atoms. The number of nitrogens with two attached hydrogens (primary N) is 1. The first-order valence-corrected chi connectivity index (χ1v) is 6.87. The maximum absolute atomic E-state index is 6.07. The molecule has 0 aromatic carbocycles. The van der Waals surface area contributed by atoms with Crippen molar-refractivity contribution in [2.24, 2.45) is 0 Å². The Morgan fingerprint density at radius 1 is 1.05 bits per heavy atom. The van der Waals surface area contributed by atoms with Crippen molar-refractivity contribution < 1.29 is 0 Å². The first-order valence-electron chi connectivity index (χ1n) is 6.87. The smallest absolute Gasteiger partial charge is 0.151 e. The van der Waals surface area contributed by atoms with Crippen LogP contribution in [0.2, 0.25) is 0 Å². The van der Waals surface area contributed by atoms with Gasteiger partial charge in [0.1, 0.15) is 5.82 Å². The van der Waals surface area contributed by atoms with Crippen LogP contribution in [0.25, 0.3) is 0 Å². The topological polar surface area (TPSA) is 58.3 Å². The van der Waals surface area contributed by atoms with Gasteiger partial charge in [0.2, 0.25) is 0 Å². The van der Waals surface area contributed by atoms with Crippen molar-refractivity contribution >= 4 is 17.3 Å². The Balaban J connectivity index is 1.69. The van der Waals surface area contributed by atoms with Crippen LogP contribution < -0.4 is 15.5 Å². The fraction of sp³-hybridized carbons (Fsp3) is 0.333. The number of piperazine rings is 1. The van der Waals surface area contributed by atoms with E-state index in [0.29, 0.717) is 0 Å². The Bertz CT molecular complexity index is 576. The van der Waals surface area contributed by atoms with Crippen LogP contribution in [-0.2, 0) is 0 Å². The number of hydrogen-bond donors (Lipinski definition) is 1. The SMILES string of the molecule is Cc1cnc(N2CCN(c3ccccn3)CC2)c(N)c1. The number of pyridine rings is 2. The highest BCUT2D eigenvalue weighted by atomic mass is 15.3. The van der Waals surface area contributed by atoms with Crippen molar-refractivity contribution in [2.75, 3.05) is 41.7 Å². The molecule has 2 N–H and O–H groups in total. The van der Waals surface area contributed by atoms with E-state index in [-0.39, 0.29) is 0 Å². The number of aryl methyl sites for hydroxylation is 1. The minimum absolute atomic E-state index is 0.760. The van der Waals surface area contributed by atoms with E-state index in [4.69, 9.17) is 5.73 Å². The standard InChI is InChI=1S/C15H19N5/c1-12-10-13(16)15(18-11-12)20-8-6-19(7-9-20)14-4-2-3-5-17-14/h2-5,10-11H,6-9,16H2,1H3. The van der Waals surface area contributed by atoms with Crippen molar-refractivity contribution in [1.29, 1.82) is 0 Å². The average Bonchev–Trinajstić information content (AvgIpc) is 2.48. The molecule has 5 nitrogen and oxygen atoms in total. The van der Waals surface area contributed by atoms with Crippen LogP contribution in [0.1, 0.15) is 5.56 Å². The molecule has 0 atom stereocenters. The molecule has 0 radical (unpaired) electrons. The molecule has 5 heteroatoms. The van der Waals surface area contributed by atoms with E-state index in [0.717, 1.165) is 49.1 Å². The van der Waals surface area contributed by atoms with Gasteiger partial charge in [0.15, 0.2) is 5.82 Å². The molecule has 0 saturated carbocycles. The number of nitrogens with zero attached hydrogens (tertiary/aromatic N) is 4. The molecule has 0 aliphatic carbocycles. The van der Waals surface area contributed by atoms with E-state index in [1.807, 2.05) is 43.6 Å². The summed E-state index contributed by atoms with van der Waals surface area (Å²) in [7, 11) is 0. The van der Waals surface area contributed by atoms with Gasteiger partial charge in [0, 0.05) is 38.6 Å². The van der Waals surface area contributed by atoms with Crippen molar-refractivity contribution in [1.82, 2.24) is 9.97 Å². The Labute approximate surface area is 119 Å². The summed E-state index contributed by atoms with van der Waals surface area (Å²) in [5, 5.41) is 0. The molecule has 20 heavy (non-hydrogen) atoms. The number of aromatic nitrogens is 2. The fourth-order valence-electron chi connectivity index (χ4n) is 2.54. The van der Waals surface area contributed by atoms with Gasteiger partial charge < -0.3 is 15.5 Å². The highest BCUT2D eigenvalue weighted by molar-refractivity contribution is 5.64. The second-order valence-electron chi connectivity index (χ2n) is 5.09. The van der Waals surface area contributed by atoms with E-state index in [9.17, 15) is 0 Å². The summed E-state index contributed by atoms with van der Waals surface area (Å²) in [4.78, 5) is 13.4. The average molecular weight is 269 g/mol. The van der Waals surface area contributed by atoms with Crippen molar-refractivity contribution in [3.05, 3.63) is 42.2 Å². The lowest BCUT2D eigenvalue weighted by molar-refractivity contribution is 0.642. The highest BCUT2D eigenvalue weighted by Gasteiger charge is 2.20. The van der Waals surface area contributed by atoms with Gasteiger partial charge in [-0.15, -0.1) is 0 Å². The van der Waals surface area contributed by atoms with E-state index < -0.39 is 0 Å². The van der Waals surface area contributed by atoms with Gasteiger partial charge >= 0.3 is 0 Å². The van der Waals surface area contributed by atoms with Crippen LogP contribution in [0.5, 0.6) is 0 Å². The lowest BCUT2D eigenvalue weighted by Gasteiger charge is -2.36. The highest BCUT2D eigenvalue weighted by Crippen LogP contribution is 2.23. The number of anilines is 3. The first-order chi connectivity index (χ1) is 9.74. The van der Waals surface area contributed by atoms with Crippen molar-refractivity contribution in [3.8, 4) is 0 Å². The molecule has 1 saturated heterocycles. The van der Waals surface area contributed by atoms with E-state index in [2.05, 4.69) is 19.8 Å². The molecule has 3 heterocycles. The first kappa shape index (κ1) is 12.7. The zero-order chi connectivity index (χ0) is 13.9. The molecule has 1 fully saturated rings. The largest absolute Gasteiger partial charge is 0.396 e. The van der Waals surface area contributed by atoms with Crippen LogP contribution in [0.15, 0.2) is 36.7 Å². The number of nitrogen functional groups attached to an aromatic ring is 1. The maximum Gasteiger partial charge on any atom is 0.151 e. The Kier molecular flexibility index (Phi) is 3.41. The number of rotatable bonds is 2. The Hall–Kier alpha value is -2.30. The third-order valence-electron chi connectivity index (χ3n) is 3.58. The lowest BCUT2D eigenvalue weighted by atomic mass is 10.2. The zero-order valence-electron chi connectivity index (χ0n) is 11.7. The van der Waals surface area contributed by atoms with Gasteiger partial charge in [-0.05, 0) is 30.7 Å². The maximum atomic E-state index is 6.07. The third kappa shape index (κ3) is 2.52. The van der Waals surface area contributed by atoms with Crippen LogP contribution >= 0.6 is 0 Å². The minimum atomic E-state index is 0.760. The predicted molar refractivity (Wildman–Crippen MR) is 82.0 cm³/mol. The quantitative estimate of drug-likeness (QED) is 0.899. The molecule has 2 aromatic heterocycles. The molecule has 0 unspecified atom stereocenters. The number of hydrogen-bond acceptors (Lipinski definition) is 5. The van der Waals surface area contributed by atoms with Crippen molar-refractivity contribution in [3.63, 3.8) is 0 Å². The van der Waals surface area contributed by atoms with E-state index >= 15 is 0 Å².